The van der Waals surface area contributed by atoms with E-state index >= 15 is 0 Å². The molecule has 134 valence electrons. The van der Waals surface area contributed by atoms with Gasteiger partial charge in [-0.05, 0) is 36.1 Å². The predicted octanol–water partition coefficient (Wildman–Crippen LogP) is 3.53. The van der Waals surface area contributed by atoms with Gasteiger partial charge in [0.15, 0.2) is 0 Å². The summed E-state index contributed by atoms with van der Waals surface area (Å²) in [5, 5.41) is 3.32. The number of anilines is 1. The van der Waals surface area contributed by atoms with E-state index in [9.17, 15) is 4.79 Å². The van der Waals surface area contributed by atoms with Crippen molar-refractivity contribution in [1.82, 2.24) is 9.55 Å². The van der Waals surface area contributed by atoms with Crippen LogP contribution >= 0.6 is 0 Å². The van der Waals surface area contributed by atoms with Crippen molar-refractivity contribution in [3.8, 4) is 5.75 Å². The zero-order valence-corrected chi connectivity index (χ0v) is 15.3. The Morgan fingerprint density at radius 3 is 2.38 bits per heavy atom. The fourth-order valence-corrected chi connectivity index (χ4v) is 2.95. The van der Waals surface area contributed by atoms with Crippen molar-refractivity contribution in [3.63, 3.8) is 0 Å². The molecule has 2 aromatic carbocycles. The molecule has 3 rings (SSSR count). The molecule has 0 radical (unpaired) electrons. The lowest BCUT2D eigenvalue weighted by Crippen LogP contribution is -2.20. The average Bonchev–Trinajstić information content (AvgIpc) is 2.64. The molecular formula is C21H23N3O2. The minimum Gasteiger partial charge on any atom is -0.490 e. The summed E-state index contributed by atoms with van der Waals surface area (Å²) in [6.07, 6.45) is 1.70. The van der Waals surface area contributed by atoms with Gasteiger partial charge in [0.25, 0.3) is 0 Å². The van der Waals surface area contributed by atoms with Crippen LogP contribution in [0.15, 0.2) is 59.5 Å². The van der Waals surface area contributed by atoms with Crippen LogP contribution in [0.3, 0.4) is 0 Å². The number of ether oxygens (including phenoxy) is 1. The lowest BCUT2D eigenvalue weighted by atomic mass is 10.0. The molecule has 0 aliphatic rings. The van der Waals surface area contributed by atoms with Gasteiger partial charge >= 0.3 is 5.56 Å². The number of aryl methyl sites for hydroxylation is 2. The van der Waals surface area contributed by atoms with E-state index in [1.54, 1.807) is 6.20 Å². The number of nitrogens with one attached hydrogen (secondary N) is 1. The van der Waals surface area contributed by atoms with Crippen LogP contribution in [0.25, 0.3) is 0 Å². The first-order chi connectivity index (χ1) is 12.6. The molecule has 1 heterocycles. The maximum absolute atomic E-state index is 12.1. The summed E-state index contributed by atoms with van der Waals surface area (Å²) in [5.74, 6) is 0.765. The largest absolute Gasteiger partial charge is 0.490 e. The summed E-state index contributed by atoms with van der Waals surface area (Å²) in [4.78, 5) is 16.3. The monoisotopic (exact) mass is 349 g/mol. The third-order valence-corrected chi connectivity index (χ3v) is 4.45. The van der Waals surface area contributed by atoms with E-state index in [0.29, 0.717) is 19.0 Å². The molecule has 0 atom stereocenters. The summed E-state index contributed by atoms with van der Waals surface area (Å²) in [7, 11) is 1.48. The van der Waals surface area contributed by atoms with E-state index in [0.717, 1.165) is 5.56 Å². The van der Waals surface area contributed by atoms with Crippen molar-refractivity contribution in [2.24, 2.45) is 0 Å². The molecule has 1 N–H and O–H groups in total. The summed E-state index contributed by atoms with van der Waals surface area (Å²) >= 11 is 0. The van der Waals surface area contributed by atoms with Crippen LogP contribution in [0.4, 0.5) is 5.95 Å². The molecular weight excluding hydrogens is 326 g/mol. The second-order valence-corrected chi connectivity index (χ2v) is 6.28. The first-order valence-electron chi connectivity index (χ1n) is 8.57. The van der Waals surface area contributed by atoms with Gasteiger partial charge in [0.05, 0.1) is 19.9 Å². The van der Waals surface area contributed by atoms with E-state index in [1.807, 2.05) is 41.0 Å². The van der Waals surface area contributed by atoms with Gasteiger partial charge < -0.3 is 14.6 Å². The molecule has 0 spiro atoms. The molecule has 1 aromatic heterocycles. The summed E-state index contributed by atoms with van der Waals surface area (Å²) in [6.45, 7) is 5.37. The van der Waals surface area contributed by atoms with E-state index in [1.165, 1.54) is 23.8 Å². The van der Waals surface area contributed by atoms with Crippen LogP contribution in [-0.2, 0) is 13.1 Å². The van der Waals surface area contributed by atoms with Crippen molar-refractivity contribution in [2.75, 3.05) is 12.4 Å². The number of hydrogen-bond acceptors (Lipinski definition) is 4. The molecule has 0 fully saturated rings. The molecule has 5 heteroatoms. The Bertz CT molecular complexity index is 929. The van der Waals surface area contributed by atoms with Crippen LogP contribution in [0.2, 0.25) is 0 Å². The maximum Gasteiger partial charge on any atom is 0.316 e. The number of benzene rings is 2. The van der Waals surface area contributed by atoms with Crippen molar-refractivity contribution >= 4 is 5.95 Å². The van der Waals surface area contributed by atoms with Crippen LogP contribution < -0.4 is 15.6 Å². The number of rotatable bonds is 6. The maximum atomic E-state index is 12.1. The average molecular weight is 349 g/mol. The second kappa shape index (κ2) is 7.87. The van der Waals surface area contributed by atoms with E-state index in [-0.39, 0.29) is 11.3 Å². The van der Waals surface area contributed by atoms with Gasteiger partial charge in [-0.3, -0.25) is 4.79 Å². The minimum atomic E-state index is -0.374. The molecule has 0 bridgehead atoms. The Morgan fingerprint density at radius 2 is 1.73 bits per heavy atom. The fraction of sp³-hybridized carbons (Fsp3) is 0.238. The van der Waals surface area contributed by atoms with Crippen molar-refractivity contribution in [2.45, 2.75) is 26.9 Å². The molecule has 0 unspecified atom stereocenters. The van der Waals surface area contributed by atoms with Gasteiger partial charge in [0.2, 0.25) is 11.7 Å². The Labute approximate surface area is 153 Å². The third kappa shape index (κ3) is 3.94. The molecule has 0 aliphatic heterocycles. The highest BCUT2D eigenvalue weighted by molar-refractivity contribution is 5.38. The van der Waals surface area contributed by atoms with Crippen molar-refractivity contribution < 1.29 is 4.74 Å². The van der Waals surface area contributed by atoms with Crippen LogP contribution in [0.1, 0.15) is 22.3 Å². The Hall–Kier alpha value is -3.08. The molecule has 0 amide bonds. The Morgan fingerprint density at radius 1 is 1.04 bits per heavy atom. The minimum absolute atomic E-state index is 0.235. The predicted molar refractivity (Wildman–Crippen MR) is 104 cm³/mol. The summed E-state index contributed by atoms with van der Waals surface area (Å²) < 4.78 is 7.06. The SMILES string of the molecule is COc1cn(Cc2ccccc2)c(NCc2c(C)cccc2C)nc1=O. The van der Waals surface area contributed by atoms with E-state index in [2.05, 4.69) is 36.3 Å². The first-order valence-corrected chi connectivity index (χ1v) is 8.57. The zero-order chi connectivity index (χ0) is 18.5. The standard InChI is InChI=1S/C21H23N3O2/c1-15-8-7-9-16(2)18(15)12-22-21-23-20(25)19(26-3)14-24(21)13-17-10-5-4-6-11-17/h4-11,14H,12-13H2,1-3H3,(H,22,23,25). The highest BCUT2D eigenvalue weighted by Crippen LogP contribution is 2.17. The molecule has 0 saturated carbocycles. The van der Waals surface area contributed by atoms with Crippen LogP contribution in [-0.4, -0.2) is 16.7 Å². The quantitative estimate of drug-likeness (QED) is 0.740. The van der Waals surface area contributed by atoms with Crippen LogP contribution in [0.5, 0.6) is 5.75 Å². The highest BCUT2D eigenvalue weighted by Gasteiger charge is 2.10. The normalized spacial score (nSPS) is 10.6. The summed E-state index contributed by atoms with van der Waals surface area (Å²) in [5.41, 5.74) is 4.38. The summed E-state index contributed by atoms with van der Waals surface area (Å²) in [6, 6.07) is 16.3. The molecule has 0 aliphatic carbocycles. The zero-order valence-electron chi connectivity index (χ0n) is 15.3. The fourth-order valence-electron chi connectivity index (χ4n) is 2.95. The second-order valence-electron chi connectivity index (χ2n) is 6.28. The molecule has 5 nitrogen and oxygen atoms in total. The topological polar surface area (TPSA) is 56.1 Å². The number of hydrogen-bond donors (Lipinski definition) is 1. The first kappa shape index (κ1) is 17.7. The van der Waals surface area contributed by atoms with Gasteiger partial charge in [-0.25, -0.2) is 0 Å². The van der Waals surface area contributed by atoms with Crippen molar-refractivity contribution in [3.05, 3.63) is 87.3 Å². The van der Waals surface area contributed by atoms with E-state index in [4.69, 9.17) is 4.74 Å². The smallest absolute Gasteiger partial charge is 0.316 e. The van der Waals surface area contributed by atoms with Crippen LogP contribution in [0, 0.1) is 13.8 Å². The van der Waals surface area contributed by atoms with Gasteiger partial charge in [0, 0.05) is 6.54 Å². The molecule has 26 heavy (non-hydrogen) atoms. The lowest BCUT2D eigenvalue weighted by Gasteiger charge is -2.17. The number of methoxy groups -OCH3 is 1. The highest BCUT2D eigenvalue weighted by atomic mass is 16.5. The van der Waals surface area contributed by atoms with E-state index < -0.39 is 0 Å². The van der Waals surface area contributed by atoms with Gasteiger partial charge in [-0.2, -0.15) is 4.98 Å². The molecule has 3 aromatic rings. The Kier molecular flexibility index (Phi) is 5.37. The van der Waals surface area contributed by atoms with Gasteiger partial charge in [0.1, 0.15) is 0 Å². The lowest BCUT2D eigenvalue weighted by molar-refractivity contribution is 0.402. The van der Waals surface area contributed by atoms with Crippen molar-refractivity contribution in [1.29, 1.82) is 0 Å². The number of nitrogens with zero attached hydrogens (tertiary/aromatic N) is 2. The van der Waals surface area contributed by atoms with Gasteiger partial charge in [-0.1, -0.05) is 48.5 Å². The Balaban J connectivity index is 1.92. The third-order valence-electron chi connectivity index (χ3n) is 4.45. The van der Waals surface area contributed by atoms with Gasteiger partial charge in [-0.15, -0.1) is 0 Å². The number of aromatic nitrogens is 2. The molecule has 0 saturated heterocycles.